The number of hydrogen-bond acceptors (Lipinski definition) is 3. The van der Waals surface area contributed by atoms with Crippen molar-refractivity contribution in [1.29, 1.82) is 0 Å². The second kappa shape index (κ2) is 14.5. The largest absolute Gasteiger partial charge is 0.300 e. The summed E-state index contributed by atoms with van der Waals surface area (Å²) in [4.78, 5) is 9.44. The summed E-state index contributed by atoms with van der Waals surface area (Å²) >= 11 is 1.75. The van der Waals surface area contributed by atoms with Crippen molar-refractivity contribution in [2.75, 3.05) is 25.0 Å². The van der Waals surface area contributed by atoms with Crippen molar-refractivity contribution < 1.29 is 9.00 Å². The lowest BCUT2D eigenvalue weighted by atomic mass is 9.82. The highest BCUT2D eigenvalue weighted by Crippen LogP contribution is 2.26. The van der Waals surface area contributed by atoms with Gasteiger partial charge in [0.1, 0.15) is 5.78 Å². The topological polar surface area (TPSA) is 34.1 Å². The molecule has 1 rings (SSSR count). The first kappa shape index (κ1) is 29.2. The van der Waals surface area contributed by atoms with E-state index in [0.717, 1.165) is 0 Å². The number of carbonyl (C=O) groups is 1. The molecule has 25 heavy (non-hydrogen) atoms. The molecule has 0 aliphatic carbocycles. The monoisotopic (exact) mass is 388 g/mol. The first-order valence-corrected chi connectivity index (χ1v) is 11.9. The fourth-order valence-electron chi connectivity index (χ4n) is 1.47. The predicted octanol–water partition coefficient (Wildman–Crippen LogP) is 5.85. The van der Waals surface area contributed by atoms with Crippen LogP contribution in [0.1, 0.15) is 66.5 Å². The van der Waals surface area contributed by atoms with Crippen molar-refractivity contribution in [1.82, 2.24) is 0 Å². The Morgan fingerprint density at radius 3 is 1.00 bits per heavy atom. The third-order valence-electron chi connectivity index (χ3n) is 2.62. The first-order chi connectivity index (χ1) is 11.1. The summed E-state index contributed by atoms with van der Waals surface area (Å²) in [5.41, 5.74) is 3.34. The molecule has 148 valence electrons. The van der Waals surface area contributed by atoms with E-state index in [-0.39, 0.29) is 16.6 Å². The maximum atomic E-state index is 9.56. The van der Waals surface area contributed by atoms with Crippen LogP contribution in [0.3, 0.4) is 0 Å². The zero-order valence-corrected chi connectivity index (χ0v) is 20.1. The molecule has 0 aliphatic heterocycles. The summed E-state index contributed by atoms with van der Waals surface area (Å²) in [7, 11) is -0.611. The number of rotatable bonds is 0. The average molecular weight is 389 g/mol. The number of hydrogen-bond donors (Lipinski definition) is 0. The quantitative estimate of drug-likeness (QED) is 0.559. The molecule has 0 heterocycles. The molecule has 0 atom stereocenters. The van der Waals surface area contributed by atoms with Gasteiger partial charge in [0.25, 0.3) is 0 Å². The van der Waals surface area contributed by atoms with Crippen LogP contribution in [-0.4, -0.2) is 35.0 Å². The van der Waals surface area contributed by atoms with Gasteiger partial charge in [0, 0.05) is 23.3 Å². The smallest absolute Gasteiger partial charge is 0.126 e. The second-order valence-electron chi connectivity index (χ2n) is 8.14. The van der Waals surface area contributed by atoms with Crippen molar-refractivity contribution in [3.8, 4) is 0 Å². The van der Waals surface area contributed by atoms with Crippen LogP contribution < -0.4 is 0 Å². The molecule has 0 aromatic heterocycles. The number of benzene rings is 1. The van der Waals surface area contributed by atoms with E-state index in [1.807, 2.05) is 12.5 Å². The van der Waals surface area contributed by atoms with Crippen LogP contribution in [-0.2, 0) is 26.4 Å². The fraction of sp³-hybridized carbons (Fsp3) is 0.667. The van der Waals surface area contributed by atoms with E-state index in [0.29, 0.717) is 0 Å². The lowest BCUT2D eigenvalue weighted by molar-refractivity contribution is -0.114. The Morgan fingerprint density at radius 2 is 0.920 bits per heavy atom. The molecule has 0 aliphatic rings. The Labute approximate surface area is 164 Å². The Morgan fingerprint density at radius 1 is 0.800 bits per heavy atom. The van der Waals surface area contributed by atoms with E-state index in [1.165, 1.54) is 25.0 Å². The lowest BCUT2D eigenvalue weighted by Gasteiger charge is -2.23. The maximum absolute atomic E-state index is 9.56. The van der Waals surface area contributed by atoms with Gasteiger partial charge in [-0.2, -0.15) is 11.8 Å². The summed E-state index contributed by atoms with van der Waals surface area (Å²) in [5, 5.41) is 0. The summed E-state index contributed by atoms with van der Waals surface area (Å²) < 4.78 is 9.56. The number of ketones is 1. The highest BCUT2D eigenvalue weighted by molar-refractivity contribution is 7.97. The van der Waals surface area contributed by atoms with Gasteiger partial charge in [-0.25, -0.2) is 0 Å². The molecule has 2 nitrogen and oxygen atoms in total. The molecule has 0 fully saturated rings. The molecule has 4 heteroatoms. The van der Waals surface area contributed by atoms with Crippen LogP contribution in [0, 0.1) is 0 Å². The number of thioether (sulfide) groups is 1. The van der Waals surface area contributed by atoms with Crippen molar-refractivity contribution >= 4 is 28.3 Å². The van der Waals surface area contributed by atoms with Crippen LogP contribution in [0.4, 0.5) is 0 Å². The molecule has 0 amide bonds. The average Bonchev–Trinajstić information content (AvgIpc) is 2.36. The molecular weight excluding hydrogens is 348 g/mol. The Balaban J connectivity index is -0.000000363. The van der Waals surface area contributed by atoms with Gasteiger partial charge in [0.2, 0.25) is 0 Å². The first-order valence-electron chi connectivity index (χ1n) is 8.33. The SMILES string of the molecule is CC(C)(C)c1ccc(C(C)(C)C)cc1.CC(C)=O.CS(C)=O.CSC. The standard InChI is InChI=1S/C14H22.C3H6O.C2H6OS.C2H6S/c1-13(2,3)11-7-9-12(10-8-11)14(4,5)6;1-3(2)4;1-4(2)3;1-3-2/h7-10H,1-6H3;2*1-2H3;1-2H3. The number of Topliss-reactive ketones (excluding diaryl/α,β-unsaturated/α-hetero) is 1. The van der Waals surface area contributed by atoms with Gasteiger partial charge >= 0.3 is 0 Å². The van der Waals surface area contributed by atoms with Crippen LogP contribution >= 0.6 is 11.8 Å². The third kappa shape index (κ3) is 23.4. The highest BCUT2D eigenvalue weighted by atomic mass is 32.2. The molecule has 0 saturated heterocycles. The molecule has 0 saturated carbocycles. The fourth-order valence-corrected chi connectivity index (χ4v) is 1.47. The normalized spacial score (nSPS) is 10.4. The summed E-state index contributed by atoms with van der Waals surface area (Å²) in [6.07, 6.45) is 7.36. The van der Waals surface area contributed by atoms with Crippen LogP contribution in [0.15, 0.2) is 24.3 Å². The minimum atomic E-state index is -0.611. The molecule has 1 aromatic carbocycles. The van der Waals surface area contributed by atoms with E-state index in [9.17, 15) is 9.00 Å². The van der Waals surface area contributed by atoms with Gasteiger partial charge in [-0.05, 0) is 48.3 Å². The molecule has 0 radical (unpaired) electrons. The van der Waals surface area contributed by atoms with Crippen molar-refractivity contribution in [3.63, 3.8) is 0 Å². The van der Waals surface area contributed by atoms with E-state index < -0.39 is 10.8 Å². The third-order valence-corrected chi connectivity index (χ3v) is 2.62. The maximum Gasteiger partial charge on any atom is 0.126 e. The van der Waals surface area contributed by atoms with Gasteiger partial charge in [-0.3, -0.25) is 4.21 Å². The molecule has 1 aromatic rings. The number of carbonyl (C=O) groups excluding carboxylic acids is 1. The van der Waals surface area contributed by atoms with E-state index in [4.69, 9.17) is 0 Å². The van der Waals surface area contributed by atoms with Gasteiger partial charge in [-0.15, -0.1) is 0 Å². The van der Waals surface area contributed by atoms with Crippen LogP contribution in [0.2, 0.25) is 0 Å². The van der Waals surface area contributed by atoms with E-state index in [2.05, 4.69) is 65.8 Å². The van der Waals surface area contributed by atoms with E-state index >= 15 is 0 Å². The minimum absolute atomic E-state index is 0.167. The Hall–Kier alpha value is -0.610. The van der Waals surface area contributed by atoms with E-state index in [1.54, 1.807) is 24.3 Å². The lowest BCUT2D eigenvalue weighted by Crippen LogP contribution is -2.14. The van der Waals surface area contributed by atoms with Crippen LogP contribution in [0.25, 0.3) is 0 Å². The molecule has 0 N–H and O–H groups in total. The molecule has 0 spiro atoms. The summed E-state index contributed by atoms with van der Waals surface area (Å²) in [6, 6.07) is 9.00. The van der Waals surface area contributed by atoms with Crippen molar-refractivity contribution in [2.45, 2.75) is 66.2 Å². The van der Waals surface area contributed by atoms with Gasteiger partial charge in [0.15, 0.2) is 0 Å². The van der Waals surface area contributed by atoms with Crippen molar-refractivity contribution in [2.24, 2.45) is 0 Å². The predicted molar refractivity (Wildman–Crippen MR) is 120 cm³/mol. The minimum Gasteiger partial charge on any atom is -0.300 e. The Bertz CT molecular complexity index is 425. The highest BCUT2D eigenvalue weighted by Gasteiger charge is 2.16. The Kier molecular flexibility index (Phi) is 17.0. The zero-order chi connectivity index (χ0) is 20.8. The molecule has 0 unspecified atom stereocenters. The summed E-state index contributed by atoms with van der Waals surface area (Å²) in [6.45, 7) is 16.6. The van der Waals surface area contributed by atoms with Gasteiger partial charge in [0.05, 0.1) is 0 Å². The zero-order valence-electron chi connectivity index (χ0n) is 18.4. The summed E-state index contributed by atoms with van der Waals surface area (Å²) in [5.74, 6) is 0.167. The molecular formula is C21H40O2S2. The van der Waals surface area contributed by atoms with Crippen molar-refractivity contribution in [3.05, 3.63) is 35.4 Å². The van der Waals surface area contributed by atoms with Gasteiger partial charge in [-0.1, -0.05) is 65.8 Å². The van der Waals surface area contributed by atoms with Crippen LogP contribution in [0.5, 0.6) is 0 Å². The molecule has 0 bridgehead atoms. The second-order valence-corrected chi connectivity index (χ2v) is 10.4. The van der Waals surface area contributed by atoms with Gasteiger partial charge < -0.3 is 4.79 Å².